The first-order valence-corrected chi connectivity index (χ1v) is 9.54. The van der Waals surface area contributed by atoms with Gasteiger partial charge in [0, 0.05) is 13.1 Å². The molecule has 2 amide bonds. The summed E-state index contributed by atoms with van der Waals surface area (Å²) in [6.45, 7) is 1.07. The molecule has 148 valence electrons. The summed E-state index contributed by atoms with van der Waals surface area (Å²) >= 11 is 0. The van der Waals surface area contributed by atoms with Crippen LogP contribution in [0.3, 0.4) is 0 Å². The minimum Gasteiger partial charge on any atom is -0.493 e. The van der Waals surface area contributed by atoms with Crippen LogP contribution in [0.1, 0.15) is 44.1 Å². The Morgan fingerprint density at radius 1 is 0.963 bits per heavy atom. The zero-order valence-electron chi connectivity index (χ0n) is 16.3. The molecule has 6 nitrogen and oxygen atoms in total. The van der Waals surface area contributed by atoms with E-state index in [1.54, 1.807) is 14.2 Å². The third-order valence-corrected chi connectivity index (χ3v) is 4.66. The number of hydrogen-bond donors (Lipinski definition) is 2. The summed E-state index contributed by atoms with van der Waals surface area (Å²) in [6, 6.07) is 5.66. The van der Waals surface area contributed by atoms with Crippen molar-refractivity contribution < 1.29 is 19.1 Å². The number of ether oxygens (including phenoxy) is 2. The standard InChI is InChI=1S/C21H30N2O4/c1-26-18-9-8-17(14-19(18)27-2)11-13-23-21(25)15-20(24)22-12-10-16-6-4-3-5-7-16/h6,8-9,14H,3-5,7,10-13,15H2,1-2H3,(H,22,24)(H,23,25). The van der Waals surface area contributed by atoms with Gasteiger partial charge in [-0.3, -0.25) is 9.59 Å². The fraction of sp³-hybridized carbons (Fsp3) is 0.524. The topological polar surface area (TPSA) is 76.7 Å². The number of carbonyl (C=O) groups excluding carboxylic acids is 2. The van der Waals surface area contributed by atoms with Gasteiger partial charge in [0.15, 0.2) is 11.5 Å². The highest BCUT2D eigenvalue weighted by molar-refractivity contribution is 5.96. The molecule has 6 heteroatoms. The number of amides is 2. The second-order valence-corrected chi connectivity index (χ2v) is 6.67. The average Bonchev–Trinajstić information content (AvgIpc) is 2.68. The Bertz CT molecular complexity index is 670. The van der Waals surface area contributed by atoms with Crippen LogP contribution in [0.25, 0.3) is 0 Å². The summed E-state index contributed by atoms with van der Waals surface area (Å²) in [4.78, 5) is 23.8. The molecule has 0 fully saturated rings. The first-order valence-electron chi connectivity index (χ1n) is 9.54. The predicted molar refractivity (Wildman–Crippen MR) is 105 cm³/mol. The van der Waals surface area contributed by atoms with Crippen molar-refractivity contribution in [1.29, 1.82) is 0 Å². The molecule has 2 N–H and O–H groups in total. The minimum atomic E-state index is -0.259. The summed E-state index contributed by atoms with van der Waals surface area (Å²) in [5.74, 6) is 0.847. The van der Waals surface area contributed by atoms with Gasteiger partial charge in [-0.05, 0) is 56.2 Å². The number of carbonyl (C=O) groups is 2. The van der Waals surface area contributed by atoms with Crippen molar-refractivity contribution in [2.45, 2.75) is 44.9 Å². The molecule has 2 rings (SSSR count). The number of nitrogens with one attached hydrogen (secondary N) is 2. The Morgan fingerprint density at radius 2 is 1.67 bits per heavy atom. The molecule has 1 aromatic rings. The highest BCUT2D eigenvalue weighted by Crippen LogP contribution is 2.27. The fourth-order valence-electron chi connectivity index (χ4n) is 3.15. The van der Waals surface area contributed by atoms with E-state index in [2.05, 4.69) is 16.7 Å². The van der Waals surface area contributed by atoms with Crippen LogP contribution in [0.15, 0.2) is 29.8 Å². The zero-order valence-corrected chi connectivity index (χ0v) is 16.3. The molecule has 0 aliphatic heterocycles. The molecule has 27 heavy (non-hydrogen) atoms. The van der Waals surface area contributed by atoms with E-state index in [9.17, 15) is 9.59 Å². The lowest BCUT2D eigenvalue weighted by Gasteiger charge is -2.13. The van der Waals surface area contributed by atoms with Crippen molar-refractivity contribution in [3.05, 3.63) is 35.4 Å². The lowest BCUT2D eigenvalue weighted by molar-refractivity contribution is -0.129. The quantitative estimate of drug-likeness (QED) is 0.488. The Morgan fingerprint density at radius 3 is 2.30 bits per heavy atom. The summed E-state index contributed by atoms with van der Waals surface area (Å²) < 4.78 is 10.5. The van der Waals surface area contributed by atoms with Gasteiger partial charge in [0.1, 0.15) is 6.42 Å². The first-order chi connectivity index (χ1) is 13.1. The normalized spacial score (nSPS) is 13.5. The fourth-order valence-corrected chi connectivity index (χ4v) is 3.15. The maximum atomic E-state index is 11.9. The number of benzene rings is 1. The van der Waals surface area contributed by atoms with Crippen molar-refractivity contribution in [3.63, 3.8) is 0 Å². The van der Waals surface area contributed by atoms with Crippen LogP contribution in [0.2, 0.25) is 0 Å². The van der Waals surface area contributed by atoms with Gasteiger partial charge >= 0.3 is 0 Å². The van der Waals surface area contributed by atoms with Gasteiger partial charge in [-0.1, -0.05) is 17.7 Å². The molecule has 0 bridgehead atoms. The van der Waals surface area contributed by atoms with Crippen LogP contribution in [0.5, 0.6) is 11.5 Å². The van der Waals surface area contributed by atoms with Gasteiger partial charge in [0.25, 0.3) is 0 Å². The van der Waals surface area contributed by atoms with E-state index in [-0.39, 0.29) is 18.2 Å². The van der Waals surface area contributed by atoms with Gasteiger partial charge in [-0.15, -0.1) is 0 Å². The van der Waals surface area contributed by atoms with E-state index in [0.29, 0.717) is 31.0 Å². The van der Waals surface area contributed by atoms with Crippen LogP contribution < -0.4 is 20.1 Å². The third-order valence-electron chi connectivity index (χ3n) is 4.66. The maximum absolute atomic E-state index is 11.9. The van der Waals surface area contributed by atoms with Crippen LogP contribution in [-0.2, 0) is 16.0 Å². The zero-order chi connectivity index (χ0) is 19.5. The first kappa shape index (κ1) is 20.8. The van der Waals surface area contributed by atoms with Gasteiger partial charge in [-0.2, -0.15) is 0 Å². The van der Waals surface area contributed by atoms with E-state index in [1.807, 2.05) is 18.2 Å². The Labute approximate surface area is 161 Å². The molecule has 0 atom stereocenters. The van der Waals surface area contributed by atoms with Crippen molar-refractivity contribution in [2.75, 3.05) is 27.3 Å². The molecular weight excluding hydrogens is 344 g/mol. The number of rotatable bonds is 10. The largest absolute Gasteiger partial charge is 0.493 e. The number of hydrogen-bond acceptors (Lipinski definition) is 4. The molecule has 0 spiro atoms. The molecule has 0 unspecified atom stereocenters. The van der Waals surface area contributed by atoms with Crippen LogP contribution in [0, 0.1) is 0 Å². The van der Waals surface area contributed by atoms with E-state index in [0.717, 1.165) is 24.8 Å². The number of methoxy groups -OCH3 is 2. The monoisotopic (exact) mass is 374 g/mol. The van der Waals surface area contributed by atoms with Crippen LogP contribution in [0.4, 0.5) is 0 Å². The van der Waals surface area contributed by atoms with Crippen LogP contribution >= 0.6 is 0 Å². The van der Waals surface area contributed by atoms with Crippen molar-refractivity contribution in [1.82, 2.24) is 10.6 Å². The van der Waals surface area contributed by atoms with Gasteiger partial charge in [-0.25, -0.2) is 0 Å². The molecule has 0 saturated heterocycles. The second kappa shape index (κ2) is 11.3. The Balaban J connectivity index is 1.63. The predicted octanol–water partition coefficient (Wildman–Crippen LogP) is 2.76. The van der Waals surface area contributed by atoms with Crippen LogP contribution in [-0.4, -0.2) is 39.1 Å². The highest BCUT2D eigenvalue weighted by Gasteiger charge is 2.10. The highest BCUT2D eigenvalue weighted by atomic mass is 16.5. The Kier molecular flexibility index (Phi) is 8.68. The van der Waals surface area contributed by atoms with E-state index in [1.165, 1.54) is 18.4 Å². The lowest BCUT2D eigenvalue weighted by Crippen LogP contribution is -2.33. The molecule has 1 aromatic carbocycles. The van der Waals surface area contributed by atoms with Crippen molar-refractivity contribution in [3.8, 4) is 11.5 Å². The van der Waals surface area contributed by atoms with Crippen molar-refractivity contribution in [2.24, 2.45) is 0 Å². The maximum Gasteiger partial charge on any atom is 0.229 e. The van der Waals surface area contributed by atoms with Gasteiger partial charge in [0.05, 0.1) is 14.2 Å². The molecule has 0 saturated carbocycles. The summed E-state index contributed by atoms with van der Waals surface area (Å²) in [7, 11) is 3.18. The molecule has 1 aliphatic carbocycles. The van der Waals surface area contributed by atoms with Crippen molar-refractivity contribution >= 4 is 11.8 Å². The van der Waals surface area contributed by atoms with Gasteiger partial charge < -0.3 is 20.1 Å². The SMILES string of the molecule is COc1ccc(CCNC(=O)CC(=O)NCCC2=CCCCC2)cc1OC. The summed E-state index contributed by atoms with van der Waals surface area (Å²) in [5, 5.41) is 5.61. The minimum absolute atomic E-state index is 0.134. The van der Waals surface area contributed by atoms with E-state index >= 15 is 0 Å². The molecule has 1 aliphatic rings. The summed E-state index contributed by atoms with van der Waals surface area (Å²) in [5.41, 5.74) is 2.44. The molecule has 0 aromatic heterocycles. The third kappa shape index (κ3) is 7.33. The average molecular weight is 374 g/mol. The molecule has 0 radical (unpaired) electrons. The summed E-state index contributed by atoms with van der Waals surface area (Å²) in [6.07, 6.45) is 8.45. The number of allylic oxidation sites excluding steroid dienone is 1. The molecule has 0 heterocycles. The lowest BCUT2D eigenvalue weighted by atomic mass is 9.97. The molecular formula is C21H30N2O4. The Hall–Kier alpha value is -2.50. The van der Waals surface area contributed by atoms with Gasteiger partial charge in [0.2, 0.25) is 11.8 Å². The van der Waals surface area contributed by atoms with E-state index in [4.69, 9.17) is 9.47 Å². The smallest absolute Gasteiger partial charge is 0.229 e. The second-order valence-electron chi connectivity index (χ2n) is 6.67. The van der Waals surface area contributed by atoms with E-state index < -0.39 is 0 Å².